The van der Waals surface area contributed by atoms with Gasteiger partial charge in [0.2, 0.25) is 5.91 Å². The molecule has 5 nitrogen and oxygen atoms in total. The molecule has 2 aromatic carbocycles. The molecule has 0 aromatic heterocycles. The van der Waals surface area contributed by atoms with Gasteiger partial charge in [-0.1, -0.05) is 18.2 Å². The Hall–Kier alpha value is -2.41. The summed E-state index contributed by atoms with van der Waals surface area (Å²) in [6.45, 7) is 3.63. The Kier molecular flexibility index (Phi) is 5.92. The van der Waals surface area contributed by atoms with Crippen LogP contribution in [0.2, 0.25) is 0 Å². The minimum Gasteiger partial charge on any atom is -0.323 e. The number of rotatable bonds is 6. The molecule has 7 heteroatoms. The highest BCUT2D eigenvalue weighted by atomic mass is 32.2. The van der Waals surface area contributed by atoms with E-state index in [2.05, 4.69) is 5.32 Å². The summed E-state index contributed by atoms with van der Waals surface area (Å²) >= 11 is 1.33. The van der Waals surface area contributed by atoms with Crippen LogP contribution in [-0.4, -0.2) is 16.6 Å². The van der Waals surface area contributed by atoms with E-state index in [4.69, 9.17) is 0 Å². The van der Waals surface area contributed by atoms with Crippen molar-refractivity contribution in [2.24, 2.45) is 0 Å². The molecule has 0 saturated carbocycles. The zero-order valence-corrected chi connectivity index (χ0v) is 14.1. The molecule has 0 aliphatic heterocycles. The van der Waals surface area contributed by atoms with E-state index in [0.29, 0.717) is 0 Å². The molecule has 1 N–H and O–H groups in total. The van der Waals surface area contributed by atoms with Crippen LogP contribution in [0.4, 0.5) is 15.8 Å². The number of carbonyl (C=O) groups is 1. The van der Waals surface area contributed by atoms with Crippen molar-refractivity contribution in [2.45, 2.75) is 19.1 Å². The average Bonchev–Trinajstić information content (AvgIpc) is 2.55. The van der Waals surface area contributed by atoms with Crippen LogP contribution in [0.3, 0.4) is 0 Å². The Balaban J connectivity index is 1.93. The fourth-order valence-electron chi connectivity index (χ4n) is 2.10. The van der Waals surface area contributed by atoms with E-state index in [1.54, 1.807) is 25.1 Å². The number of hydrogen-bond donors (Lipinski definition) is 1. The lowest BCUT2D eigenvalue weighted by Crippen LogP contribution is -2.15. The zero-order chi connectivity index (χ0) is 17.7. The number of nitrogens with one attached hydrogen (secondary N) is 1. The monoisotopic (exact) mass is 348 g/mol. The van der Waals surface area contributed by atoms with E-state index in [9.17, 15) is 19.3 Å². The number of nitro benzene ring substituents is 1. The highest BCUT2D eigenvalue weighted by molar-refractivity contribution is 8.00. The lowest BCUT2D eigenvalue weighted by molar-refractivity contribution is -0.384. The predicted molar refractivity (Wildman–Crippen MR) is 93.7 cm³/mol. The highest BCUT2D eigenvalue weighted by Gasteiger charge is 2.14. The number of nitro groups is 1. The van der Waals surface area contributed by atoms with Gasteiger partial charge in [-0.05, 0) is 37.1 Å². The van der Waals surface area contributed by atoms with Gasteiger partial charge in [0.25, 0.3) is 5.69 Å². The third-order valence-electron chi connectivity index (χ3n) is 3.41. The molecule has 0 unspecified atom stereocenters. The first-order valence-corrected chi connectivity index (χ1v) is 8.33. The van der Waals surface area contributed by atoms with Crippen LogP contribution in [0.1, 0.15) is 23.3 Å². The van der Waals surface area contributed by atoms with Crippen molar-refractivity contribution in [1.29, 1.82) is 0 Å². The molecule has 0 heterocycles. The van der Waals surface area contributed by atoms with Gasteiger partial charge in [0, 0.05) is 17.4 Å². The molecule has 2 aromatic rings. The number of hydrogen-bond acceptors (Lipinski definition) is 4. The first kappa shape index (κ1) is 17.9. The number of halogens is 1. The summed E-state index contributed by atoms with van der Waals surface area (Å²) in [5, 5.41) is 13.2. The molecule has 1 atom stereocenters. The van der Waals surface area contributed by atoms with E-state index in [-0.39, 0.29) is 28.3 Å². The van der Waals surface area contributed by atoms with E-state index >= 15 is 0 Å². The van der Waals surface area contributed by atoms with Gasteiger partial charge in [0.1, 0.15) is 5.82 Å². The maximum Gasteiger partial charge on any atom is 0.269 e. The molecule has 126 valence electrons. The molecule has 0 aliphatic carbocycles. The van der Waals surface area contributed by atoms with Crippen LogP contribution in [-0.2, 0) is 4.79 Å². The summed E-state index contributed by atoms with van der Waals surface area (Å²) in [5.74, 6) is -0.669. The van der Waals surface area contributed by atoms with Gasteiger partial charge < -0.3 is 5.32 Å². The molecule has 24 heavy (non-hydrogen) atoms. The Morgan fingerprint density at radius 3 is 2.75 bits per heavy atom. The minimum absolute atomic E-state index is 0.0196. The maximum atomic E-state index is 13.7. The minimum atomic E-state index is -0.472. The van der Waals surface area contributed by atoms with Gasteiger partial charge in [-0.25, -0.2) is 4.39 Å². The van der Waals surface area contributed by atoms with Crippen molar-refractivity contribution in [3.63, 3.8) is 0 Å². The van der Waals surface area contributed by atoms with Crippen molar-refractivity contribution < 1.29 is 14.1 Å². The molecular formula is C17H17FN2O3S. The Labute approximate surface area is 143 Å². The fraction of sp³-hybridized carbons (Fsp3) is 0.235. The van der Waals surface area contributed by atoms with Crippen LogP contribution in [0.25, 0.3) is 0 Å². The first-order chi connectivity index (χ1) is 11.4. The topological polar surface area (TPSA) is 72.2 Å². The number of aryl methyl sites for hydroxylation is 1. The molecule has 0 radical (unpaired) electrons. The number of carbonyl (C=O) groups excluding carboxylic acids is 1. The molecule has 0 aliphatic rings. The molecule has 2 rings (SSSR count). The smallest absolute Gasteiger partial charge is 0.269 e. The summed E-state index contributed by atoms with van der Waals surface area (Å²) in [5.41, 5.74) is 1.71. The average molecular weight is 348 g/mol. The molecule has 0 spiro atoms. The second-order valence-corrected chi connectivity index (χ2v) is 6.67. The number of benzene rings is 2. The highest BCUT2D eigenvalue weighted by Crippen LogP contribution is 2.30. The maximum absolute atomic E-state index is 13.7. The molecule has 0 saturated heterocycles. The van der Waals surface area contributed by atoms with E-state index in [0.717, 1.165) is 11.1 Å². The number of non-ortho nitro benzene ring substituents is 1. The third kappa shape index (κ3) is 4.79. The lowest BCUT2D eigenvalue weighted by atomic mass is 10.1. The van der Waals surface area contributed by atoms with E-state index in [1.165, 1.54) is 36.0 Å². The van der Waals surface area contributed by atoms with Crippen LogP contribution >= 0.6 is 11.8 Å². The lowest BCUT2D eigenvalue weighted by Gasteiger charge is -2.12. The number of thioether (sulfide) groups is 1. The van der Waals surface area contributed by atoms with Gasteiger partial charge in [-0.3, -0.25) is 14.9 Å². The molecule has 0 fully saturated rings. The summed E-state index contributed by atoms with van der Waals surface area (Å²) in [4.78, 5) is 22.3. The van der Waals surface area contributed by atoms with Crippen molar-refractivity contribution in [2.75, 3.05) is 11.1 Å². The van der Waals surface area contributed by atoms with Crippen LogP contribution in [0, 0.1) is 22.9 Å². The summed E-state index contributed by atoms with van der Waals surface area (Å²) < 4.78 is 13.7. The summed E-state index contributed by atoms with van der Waals surface area (Å²) in [6, 6.07) is 10.9. The van der Waals surface area contributed by atoms with Crippen molar-refractivity contribution in [1.82, 2.24) is 0 Å². The summed E-state index contributed by atoms with van der Waals surface area (Å²) in [7, 11) is 0. The van der Waals surface area contributed by atoms with Crippen LogP contribution in [0.15, 0.2) is 42.5 Å². The van der Waals surface area contributed by atoms with E-state index in [1.807, 2.05) is 6.92 Å². The molecule has 0 bridgehead atoms. The molecular weight excluding hydrogens is 331 g/mol. The normalized spacial score (nSPS) is 11.8. The number of amides is 1. The number of anilines is 1. The second kappa shape index (κ2) is 7.92. The van der Waals surface area contributed by atoms with Gasteiger partial charge in [0.15, 0.2) is 0 Å². The van der Waals surface area contributed by atoms with Gasteiger partial charge in [-0.2, -0.15) is 0 Å². The van der Waals surface area contributed by atoms with Gasteiger partial charge in [0.05, 0.1) is 16.4 Å². The fourth-order valence-corrected chi connectivity index (χ4v) is 2.91. The third-order valence-corrected chi connectivity index (χ3v) is 4.61. The SMILES string of the molecule is Cc1ccc(NC(=O)CS[C@H](C)c2cccc([N+](=O)[O-])c2)c(F)c1. The Morgan fingerprint density at radius 2 is 2.08 bits per heavy atom. The van der Waals surface area contributed by atoms with Crippen LogP contribution in [0.5, 0.6) is 0 Å². The van der Waals surface area contributed by atoms with Crippen molar-refractivity contribution >= 4 is 29.0 Å². The first-order valence-electron chi connectivity index (χ1n) is 7.29. The summed E-state index contributed by atoms with van der Waals surface area (Å²) in [6.07, 6.45) is 0. The standard InChI is InChI=1S/C17H17FN2O3S/c1-11-6-7-16(15(18)8-11)19-17(21)10-24-12(2)13-4-3-5-14(9-13)20(22)23/h3-9,12H,10H2,1-2H3,(H,19,21)/t12-/m1/s1. The van der Waals surface area contributed by atoms with Crippen molar-refractivity contribution in [3.8, 4) is 0 Å². The Bertz CT molecular complexity index is 767. The van der Waals surface area contributed by atoms with Gasteiger partial charge in [-0.15, -0.1) is 11.8 Å². The number of nitrogens with zero attached hydrogens (tertiary/aromatic N) is 1. The van der Waals surface area contributed by atoms with Gasteiger partial charge >= 0.3 is 0 Å². The Morgan fingerprint density at radius 1 is 1.33 bits per heavy atom. The van der Waals surface area contributed by atoms with E-state index < -0.39 is 10.7 Å². The molecule has 1 amide bonds. The quantitative estimate of drug-likeness (QED) is 0.617. The predicted octanol–water partition coefficient (Wildman–Crippen LogP) is 4.48. The zero-order valence-electron chi connectivity index (χ0n) is 13.3. The second-order valence-electron chi connectivity index (χ2n) is 5.34. The van der Waals surface area contributed by atoms with Crippen LogP contribution < -0.4 is 5.32 Å². The largest absolute Gasteiger partial charge is 0.323 e. The van der Waals surface area contributed by atoms with Crippen molar-refractivity contribution in [3.05, 3.63) is 69.5 Å².